The van der Waals surface area contributed by atoms with Gasteiger partial charge in [0.25, 0.3) is 0 Å². The average molecular weight is 214 g/mol. The van der Waals surface area contributed by atoms with Crippen molar-refractivity contribution in [3.8, 4) is 6.07 Å². The van der Waals surface area contributed by atoms with E-state index in [1.165, 1.54) is 0 Å². The zero-order valence-electron chi connectivity index (χ0n) is 6.87. The van der Waals surface area contributed by atoms with Crippen LogP contribution in [0.5, 0.6) is 0 Å². The van der Waals surface area contributed by atoms with Gasteiger partial charge in [-0.2, -0.15) is 5.26 Å². The highest BCUT2D eigenvalue weighted by atomic mass is 35.5. The second kappa shape index (κ2) is 5.00. The van der Waals surface area contributed by atoms with E-state index >= 15 is 0 Å². The van der Waals surface area contributed by atoms with Gasteiger partial charge >= 0.3 is 0 Å². The lowest BCUT2D eigenvalue weighted by atomic mass is 10.2. The summed E-state index contributed by atoms with van der Waals surface area (Å²) in [7, 11) is -1.08. The lowest BCUT2D eigenvalue weighted by molar-refractivity contribution is 0.685. The van der Waals surface area contributed by atoms with Crippen molar-refractivity contribution in [2.45, 2.75) is 5.75 Å². The molecule has 0 aliphatic rings. The van der Waals surface area contributed by atoms with Crippen molar-refractivity contribution in [1.29, 1.82) is 5.26 Å². The summed E-state index contributed by atoms with van der Waals surface area (Å²) in [6.07, 6.45) is 0. The molecule has 13 heavy (non-hydrogen) atoms. The van der Waals surface area contributed by atoms with Crippen molar-refractivity contribution >= 4 is 22.4 Å². The zero-order valence-corrected chi connectivity index (χ0v) is 8.44. The summed E-state index contributed by atoms with van der Waals surface area (Å²) in [4.78, 5) is 0. The molecule has 0 fully saturated rings. The van der Waals surface area contributed by atoms with Crippen LogP contribution in [0.1, 0.15) is 5.56 Å². The molecule has 0 saturated heterocycles. The fraction of sp³-hybridized carbons (Fsp3) is 0.222. The molecule has 0 bridgehead atoms. The highest BCUT2D eigenvalue weighted by Crippen LogP contribution is 2.10. The van der Waals surface area contributed by atoms with Crippen LogP contribution in [0, 0.1) is 11.3 Å². The van der Waals surface area contributed by atoms with Gasteiger partial charge < -0.3 is 0 Å². The van der Waals surface area contributed by atoms with Gasteiger partial charge in [-0.3, -0.25) is 4.21 Å². The third kappa shape index (κ3) is 3.58. The third-order valence-electron chi connectivity index (χ3n) is 1.47. The Hall–Kier alpha value is -0.850. The molecule has 0 spiro atoms. The maximum absolute atomic E-state index is 11.2. The van der Waals surface area contributed by atoms with Gasteiger partial charge in [0, 0.05) is 21.6 Å². The third-order valence-corrected chi connectivity index (χ3v) is 2.82. The predicted octanol–water partition coefficient (Wildman–Crippen LogP) is 2.11. The molecule has 0 aromatic heterocycles. The first-order valence-electron chi connectivity index (χ1n) is 3.69. The molecular formula is C9H8ClNOS. The van der Waals surface area contributed by atoms with Gasteiger partial charge in [0.2, 0.25) is 0 Å². The largest absolute Gasteiger partial charge is 0.258 e. The van der Waals surface area contributed by atoms with Crippen LogP contribution in [0.25, 0.3) is 0 Å². The Balaban J connectivity index is 2.60. The van der Waals surface area contributed by atoms with Gasteiger partial charge in [0.05, 0.1) is 6.07 Å². The van der Waals surface area contributed by atoms with E-state index in [4.69, 9.17) is 16.9 Å². The summed E-state index contributed by atoms with van der Waals surface area (Å²) < 4.78 is 11.2. The SMILES string of the molecule is N#CCS(=O)Cc1ccc(Cl)cc1. The van der Waals surface area contributed by atoms with E-state index in [0.717, 1.165) is 5.56 Å². The molecule has 1 atom stereocenters. The minimum absolute atomic E-state index is 0.0859. The summed E-state index contributed by atoms with van der Waals surface area (Å²) in [5.41, 5.74) is 0.943. The summed E-state index contributed by atoms with van der Waals surface area (Å²) in [5.74, 6) is 0.507. The summed E-state index contributed by atoms with van der Waals surface area (Å²) in [6, 6.07) is 9.01. The Kier molecular flexibility index (Phi) is 3.94. The Morgan fingerprint density at radius 3 is 2.54 bits per heavy atom. The molecule has 0 radical (unpaired) electrons. The Labute approximate surface area is 84.6 Å². The van der Waals surface area contributed by atoms with Gasteiger partial charge in [-0.1, -0.05) is 23.7 Å². The summed E-state index contributed by atoms with van der Waals surface area (Å²) in [6.45, 7) is 0. The van der Waals surface area contributed by atoms with Crippen LogP contribution in [-0.4, -0.2) is 9.96 Å². The van der Waals surface area contributed by atoms with Crippen molar-refractivity contribution in [3.63, 3.8) is 0 Å². The molecule has 68 valence electrons. The first-order chi connectivity index (χ1) is 6.22. The molecule has 0 amide bonds. The van der Waals surface area contributed by atoms with Crippen molar-refractivity contribution in [1.82, 2.24) is 0 Å². The van der Waals surface area contributed by atoms with Crippen molar-refractivity contribution in [2.24, 2.45) is 0 Å². The highest BCUT2D eigenvalue weighted by Gasteiger charge is 2.00. The van der Waals surface area contributed by atoms with Crippen LogP contribution in [0.3, 0.4) is 0 Å². The van der Waals surface area contributed by atoms with E-state index in [2.05, 4.69) is 0 Å². The van der Waals surface area contributed by atoms with Gasteiger partial charge in [-0.05, 0) is 17.7 Å². The van der Waals surface area contributed by atoms with E-state index in [-0.39, 0.29) is 5.75 Å². The molecule has 2 nitrogen and oxygen atoms in total. The van der Waals surface area contributed by atoms with E-state index in [1.807, 2.05) is 18.2 Å². The van der Waals surface area contributed by atoms with Crippen LogP contribution < -0.4 is 0 Å². The topological polar surface area (TPSA) is 40.9 Å². The quantitative estimate of drug-likeness (QED) is 0.772. The molecule has 1 unspecified atom stereocenters. The number of benzene rings is 1. The monoisotopic (exact) mass is 213 g/mol. The molecule has 0 aliphatic carbocycles. The standard InChI is InChI=1S/C9H8ClNOS/c10-9-3-1-8(2-4-9)7-13(12)6-5-11/h1-4H,6-7H2. The normalized spacial score (nSPS) is 12.0. The molecule has 0 heterocycles. The number of hydrogen-bond acceptors (Lipinski definition) is 2. The van der Waals surface area contributed by atoms with E-state index < -0.39 is 10.8 Å². The lowest BCUT2D eigenvalue weighted by Crippen LogP contribution is -1.98. The van der Waals surface area contributed by atoms with Gasteiger partial charge in [-0.15, -0.1) is 0 Å². The molecule has 0 aliphatic heterocycles. The molecule has 0 saturated carbocycles. The van der Waals surface area contributed by atoms with Crippen LogP contribution in [0.4, 0.5) is 0 Å². The first kappa shape index (κ1) is 10.2. The number of nitriles is 1. The first-order valence-corrected chi connectivity index (χ1v) is 5.55. The maximum atomic E-state index is 11.2. The lowest BCUT2D eigenvalue weighted by Gasteiger charge is -1.98. The molecule has 0 N–H and O–H groups in total. The minimum atomic E-state index is -1.08. The van der Waals surface area contributed by atoms with Crippen LogP contribution in [0.15, 0.2) is 24.3 Å². The van der Waals surface area contributed by atoms with Gasteiger partial charge in [0.15, 0.2) is 0 Å². The fourth-order valence-corrected chi connectivity index (χ4v) is 1.83. The highest BCUT2D eigenvalue weighted by molar-refractivity contribution is 7.84. The number of rotatable bonds is 3. The Morgan fingerprint density at radius 2 is 2.00 bits per heavy atom. The van der Waals surface area contributed by atoms with E-state index in [9.17, 15) is 4.21 Å². The fourth-order valence-electron chi connectivity index (χ4n) is 0.890. The molecule has 4 heteroatoms. The average Bonchev–Trinajstić information content (AvgIpc) is 2.09. The zero-order chi connectivity index (χ0) is 9.68. The van der Waals surface area contributed by atoms with Crippen LogP contribution >= 0.6 is 11.6 Å². The number of nitrogens with zero attached hydrogens (tertiary/aromatic N) is 1. The van der Waals surface area contributed by atoms with Crippen molar-refractivity contribution in [3.05, 3.63) is 34.9 Å². The summed E-state index contributed by atoms with van der Waals surface area (Å²) >= 11 is 5.68. The molecule has 1 rings (SSSR count). The van der Waals surface area contributed by atoms with Gasteiger partial charge in [0.1, 0.15) is 5.75 Å². The van der Waals surface area contributed by atoms with Crippen molar-refractivity contribution < 1.29 is 4.21 Å². The predicted molar refractivity (Wildman–Crippen MR) is 53.8 cm³/mol. The Bertz CT molecular complexity index is 342. The van der Waals surface area contributed by atoms with Crippen LogP contribution in [-0.2, 0) is 16.6 Å². The van der Waals surface area contributed by atoms with E-state index in [0.29, 0.717) is 10.8 Å². The molecule has 1 aromatic rings. The summed E-state index contributed by atoms with van der Waals surface area (Å²) in [5, 5.41) is 8.96. The number of halogens is 1. The molecular weight excluding hydrogens is 206 g/mol. The Morgan fingerprint density at radius 1 is 1.38 bits per heavy atom. The second-order valence-corrected chi connectivity index (χ2v) is 4.41. The van der Waals surface area contributed by atoms with Gasteiger partial charge in [-0.25, -0.2) is 0 Å². The minimum Gasteiger partial charge on any atom is -0.258 e. The van der Waals surface area contributed by atoms with Crippen molar-refractivity contribution in [2.75, 3.05) is 5.75 Å². The van der Waals surface area contributed by atoms with E-state index in [1.54, 1.807) is 12.1 Å². The number of hydrogen-bond donors (Lipinski definition) is 0. The smallest absolute Gasteiger partial charge is 0.111 e. The maximum Gasteiger partial charge on any atom is 0.111 e. The van der Waals surface area contributed by atoms with Crippen LogP contribution in [0.2, 0.25) is 5.02 Å². The molecule has 1 aromatic carbocycles. The second-order valence-electron chi connectivity index (χ2n) is 2.51.